The molecule has 0 fully saturated rings. The van der Waals surface area contributed by atoms with Gasteiger partial charge in [0, 0.05) is 6.07 Å². The Balaban J connectivity index is 1.85. The van der Waals surface area contributed by atoms with Crippen LogP contribution in [0.15, 0.2) is 51.7 Å². The second kappa shape index (κ2) is 7.66. The zero-order chi connectivity index (χ0) is 20.5. The van der Waals surface area contributed by atoms with Crippen molar-refractivity contribution in [3.05, 3.63) is 64.0 Å². The van der Waals surface area contributed by atoms with E-state index < -0.39 is 0 Å². The van der Waals surface area contributed by atoms with E-state index in [0.717, 1.165) is 28.9 Å². The number of aryl methyl sites for hydroxylation is 2. The predicted molar refractivity (Wildman–Crippen MR) is 113 cm³/mol. The highest BCUT2D eigenvalue weighted by atomic mass is 16.6. The van der Waals surface area contributed by atoms with E-state index in [1.807, 2.05) is 38.1 Å². The second-order valence-corrected chi connectivity index (χ2v) is 7.28. The van der Waals surface area contributed by atoms with E-state index in [1.165, 1.54) is 0 Å². The molecule has 0 unspecified atom stereocenters. The third-order valence-corrected chi connectivity index (χ3v) is 4.94. The Labute approximate surface area is 169 Å². The van der Waals surface area contributed by atoms with Crippen LogP contribution in [0, 0.1) is 6.92 Å². The van der Waals surface area contributed by atoms with Gasteiger partial charge in [0.05, 0.1) is 10.9 Å². The Kier molecular flexibility index (Phi) is 5.05. The van der Waals surface area contributed by atoms with Gasteiger partial charge in [0.15, 0.2) is 11.5 Å². The fraction of sp³-hybridized carbons (Fsp3) is 0.292. The molecule has 1 aromatic heterocycles. The predicted octanol–water partition coefficient (Wildman–Crippen LogP) is 5.06. The lowest BCUT2D eigenvalue weighted by Gasteiger charge is -2.19. The first kappa shape index (κ1) is 19.1. The molecule has 0 bridgehead atoms. The average Bonchev–Trinajstić information content (AvgIpc) is 2.71. The first-order valence-electron chi connectivity index (χ1n) is 9.75. The Morgan fingerprint density at radius 2 is 1.90 bits per heavy atom. The minimum absolute atomic E-state index is 0.0680. The van der Waals surface area contributed by atoms with Gasteiger partial charge in [-0.15, -0.1) is 0 Å². The van der Waals surface area contributed by atoms with E-state index in [9.17, 15) is 4.79 Å². The van der Waals surface area contributed by atoms with Crippen LogP contribution in [0.3, 0.4) is 0 Å². The molecule has 0 saturated carbocycles. The van der Waals surface area contributed by atoms with E-state index in [0.29, 0.717) is 53.6 Å². The Morgan fingerprint density at radius 3 is 2.62 bits per heavy atom. The minimum Gasteiger partial charge on any atom is -0.489 e. The molecule has 2 aromatic carbocycles. The highest BCUT2D eigenvalue weighted by Crippen LogP contribution is 2.36. The van der Waals surface area contributed by atoms with Crippen molar-refractivity contribution in [1.29, 1.82) is 0 Å². The van der Waals surface area contributed by atoms with Crippen molar-refractivity contribution in [2.24, 2.45) is 0 Å². The number of rotatable bonds is 5. The summed E-state index contributed by atoms with van der Waals surface area (Å²) in [6.45, 7) is 11.1. The Morgan fingerprint density at radius 1 is 1.14 bits per heavy atom. The number of ether oxygens (including phenoxy) is 3. The van der Waals surface area contributed by atoms with Crippen molar-refractivity contribution in [2.75, 3.05) is 19.8 Å². The van der Waals surface area contributed by atoms with Crippen molar-refractivity contribution in [3.8, 4) is 28.4 Å². The third kappa shape index (κ3) is 3.60. The van der Waals surface area contributed by atoms with Gasteiger partial charge in [0.25, 0.3) is 0 Å². The van der Waals surface area contributed by atoms with Crippen LogP contribution in [0.5, 0.6) is 17.2 Å². The summed E-state index contributed by atoms with van der Waals surface area (Å²) in [7, 11) is 0. The fourth-order valence-corrected chi connectivity index (χ4v) is 3.52. The lowest BCUT2D eigenvalue weighted by Crippen LogP contribution is -2.15. The van der Waals surface area contributed by atoms with Crippen molar-refractivity contribution >= 4 is 11.0 Å². The largest absolute Gasteiger partial charge is 0.489 e. The van der Waals surface area contributed by atoms with Crippen LogP contribution in [0.25, 0.3) is 22.1 Å². The monoisotopic (exact) mass is 392 g/mol. The molecule has 0 N–H and O–H groups in total. The fourth-order valence-electron chi connectivity index (χ4n) is 3.52. The maximum atomic E-state index is 13.4. The lowest BCUT2D eigenvalue weighted by atomic mass is 10.00. The van der Waals surface area contributed by atoms with Crippen LogP contribution in [0.1, 0.15) is 25.2 Å². The third-order valence-electron chi connectivity index (χ3n) is 4.94. The van der Waals surface area contributed by atoms with Crippen molar-refractivity contribution in [3.63, 3.8) is 0 Å². The zero-order valence-corrected chi connectivity index (χ0v) is 17.0. The molecule has 2 heterocycles. The van der Waals surface area contributed by atoms with Gasteiger partial charge in [-0.2, -0.15) is 0 Å². The number of fused-ring (bicyclic) bond motifs is 2. The molecular weight excluding hydrogens is 368 g/mol. The smallest absolute Gasteiger partial charge is 0.200 e. The maximum absolute atomic E-state index is 13.4. The van der Waals surface area contributed by atoms with E-state index >= 15 is 0 Å². The highest BCUT2D eigenvalue weighted by Gasteiger charge is 2.19. The standard InChI is InChI=1S/C24H24O5/c1-5-16-10-18-21(12-20(16)28-13-14(2)3)29-15(4)23(24(18)25)17-6-7-19-22(11-17)27-9-8-26-19/h6-7,10-12H,2,5,8-9,13H2,1,3-4H3. The molecular formula is C24H24O5. The molecule has 5 heteroatoms. The molecule has 150 valence electrons. The van der Waals surface area contributed by atoms with E-state index in [2.05, 4.69) is 6.58 Å². The van der Waals surface area contributed by atoms with Crippen LogP contribution in [-0.2, 0) is 6.42 Å². The quantitative estimate of drug-likeness (QED) is 0.568. The van der Waals surface area contributed by atoms with Crippen molar-refractivity contribution in [2.45, 2.75) is 27.2 Å². The zero-order valence-electron chi connectivity index (χ0n) is 17.0. The van der Waals surface area contributed by atoms with Crippen LogP contribution < -0.4 is 19.6 Å². The number of hydrogen-bond acceptors (Lipinski definition) is 5. The summed E-state index contributed by atoms with van der Waals surface area (Å²) in [6.07, 6.45) is 0.744. The second-order valence-electron chi connectivity index (χ2n) is 7.28. The van der Waals surface area contributed by atoms with Gasteiger partial charge in [0.1, 0.15) is 36.9 Å². The lowest BCUT2D eigenvalue weighted by molar-refractivity contribution is 0.171. The van der Waals surface area contributed by atoms with Crippen molar-refractivity contribution in [1.82, 2.24) is 0 Å². The summed E-state index contributed by atoms with van der Waals surface area (Å²) in [5.74, 6) is 2.60. The Hall–Kier alpha value is -3.21. The summed E-state index contributed by atoms with van der Waals surface area (Å²) in [6, 6.07) is 9.21. The first-order valence-corrected chi connectivity index (χ1v) is 9.75. The van der Waals surface area contributed by atoms with Crippen LogP contribution in [0.4, 0.5) is 0 Å². The van der Waals surface area contributed by atoms with Crippen LogP contribution >= 0.6 is 0 Å². The van der Waals surface area contributed by atoms with E-state index in [1.54, 1.807) is 13.0 Å². The van der Waals surface area contributed by atoms with Crippen molar-refractivity contribution < 1.29 is 18.6 Å². The highest BCUT2D eigenvalue weighted by molar-refractivity contribution is 5.85. The molecule has 3 aromatic rings. The van der Waals surface area contributed by atoms with Gasteiger partial charge in [-0.05, 0) is 55.2 Å². The molecule has 4 rings (SSSR count). The summed E-state index contributed by atoms with van der Waals surface area (Å²) in [5.41, 5.74) is 3.63. The molecule has 0 saturated heterocycles. The molecule has 0 aliphatic carbocycles. The van der Waals surface area contributed by atoms with Gasteiger partial charge in [-0.3, -0.25) is 4.79 Å². The van der Waals surface area contributed by atoms with Gasteiger partial charge in [0.2, 0.25) is 5.43 Å². The molecule has 29 heavy (non-hydrogen) atoms. The topological polar surface area (TPSA) is 57.9 Å². The summed E-state index contributed by atoms with van der Waals surface area (Å²) in [4.78, 5) is 13.4. The average molecular weight is 392 g/mol. The van der Waals surface area contributed by atoms with Crippen LogP contribution in [-0.4, -0.2) is 19.8 Å². The van der Waals surface area contributed by atoms with Gasteiger partial charge in [-0.25, -0.2) is 0 Å². The van der Waals surface area contributed by atoms with Gasteiger partial charge < -0.3 is 18.6 Å². The molecule has 5 nitrogen and oxygen atoms in total. The first-order chi connectivity index (χ1) is 14.0. The number of benzene rings is 2. The van der Waals surface area contributed by atoms with E-state index in [4.69, 9.17) is 18.6 Å². The molecule has 0 amide bonds. The van der Waals surface area contributed by atoms with Gasteiger partial charge in [-0.1, -0.05) is 19.6 Å². The minimum atomic E-state index is -0.0680. The molecule has 0 spiro atoms. The molecule has 0 radical (unpaired) electrons. The Bertz CT molecular complexity index is 1160. The summed E-state index contributed by atoms with van der Waals surface area (Å²) >= 11 is 0. The molecule has 0 atom stereocenters. The summed E-state index contributed by atoms with van der Waals surface area (Å²) < 4.78 is 23.2. The molecule has 1 aliphatic heterocycles. The van der Waals surface area contributed by atoms with E-state index in [-0.39, 0.29) is 5.43 Å². The normalized spacial score (nSPS) is 12.8. The molecule has 1 aliphatic rings. The summed E-state index contributed by atoms with van der Waals surface area (Å²) in [5, 5.41) is 0.542. The SMILES string of the molecule is C=C(C)COc1cc2oc(C)c(-c3ccc4c(c3)OCCO4)c(=O)c2cc1CC. The number of hydrogen-bond donors (Lipinski definition) is 0. The maximum Gasteiger partial charge on any atom is 0.200 e. The van der Waals surface area contributed by atoms with Gasteiger partial charge >= 0.3 is 0 Å². The van der Waals surface area contributed by atoms with Crippen LogP contribution in [0.2, 0.25) is 0 Å².